The first-order chi connectivity index (χ1) is 11.5. The van der Waals surface area contributed by atoms with E-state index >= 15 is 0 Å². The van der Waals surface area contributed by atoms with Crippen molar-refractivity contribution in [3.8, 4) is 0 Å². The molecule has 6 nitrogen and oxygen atoms in total. The van der Waals surface area contributed by atoms with E-state index in [0.29, 0.717) is 18.3 Å². The summed E-state index contributed by atoms with van der Waals surface area (Å²) in [5, 5.41) is 6.55. The number of aromatic nitrogens is 1. The van der Waals surface area contributed by atoms with Crippen LogP contribution >= 0.6 is 0 Å². The van der Waals surface area contributed by atoms with Gasteiger partial charge < -0.3 is 8.94 Å². The Morgan fingerprint density at radius 2 is 2.29 bits per heavy atom. The number of hydrogen-bond acceptors (Lipinski definition) is 5. The highest BCUT2D eigenvalue weighted by Gasteiger charge is 2.31. The lowest BCUT2D eigenvalue weighted by molar-refractivity contribution is -0.118. The Morgan fingerprint density at radius 3 is 2.96 bits per heavy atom. The summed E-state index contributed by atoms with van der Waals surface area (Å²) in [6, 6.07) is 5.95. The quantitative estimate of drug-likeness (QED) is 0.907. The Labute approximate surface area is 142 Å². The van der Waals surface area contributed by atoms with Crippen molar-refractivity contribution in [2.75, 3.05) is 18.4 Å². The van der Waals surface area contributed by atoms with Crippen LogP contribution in [0.15, 0.2) is 27.1 Å². The molecule has 1 N–H and O–H groups in total. The fourth-order valence-corrected chi connectivity index (χ4v) is 3.22. The fraction of sp³-hybridized carbons (Fsp3) is 0.556. The predicted molar refractivity (Wildman–Crippen MR) is 90.7 cm³/mol. The number of piperidine rings is 1. The zero-order chi connectivity index (χ0) is 17.1. The minimum absolute atomic E-state index is 0.0898. The van der Waals surface area contributed by atoms with E-state index in [1.54, 1.807) is 6.07 Å². The molecule has 3 rings (SSSR count). The molecule has 130 valence electrons. The third-order valence-electron chi connectivity index (χ3n) is 4.57. The number of rotatable bonds is 5. The summed E-state index contributed by atoms with van der Waals surface area (Å²) >= 11 is 0. The summed E-state index contributed by atoms with van der Waals surface area (Å²) in [6.07, 6.45) is 2.98. The van der Waals surface area contributed by atoms with Crippen molar-refractivity contribution in [2.24, 2.45) is 5.92 Å². The molecule has 0 aliphatic carbocycles. The van der Waals surface area contributed by atoms with E-state index in [1.807, 2.05) is 19.1 Å². The van der Waals surface area contributed by atoms with Gasteiger partial charge in [0, 0.05) is 12.5 Å². The van der Waals surface area contributed by atoms with Crippen LogP contribution in [0.3, 0.4) is 0 Å². The number of amides is 1. The molecule has 2 aromatic rings. The molecule has 0 bridgehead atoms. The van der Waals surface area contributed by atoms with Crippen LogP contribution in [0.5, 0.6) is 0 Å². The lowest BCUT2D eigenvalue weighted by Crippen LogP contribution is -2.41. The summed E-state index contributed by atoms with van der Waals surface area (Å²) in [5.41, 5.74) is 0.748. The fourth-order valence-electron chi connectivity index (χ4n) is 3.22. The third kappa shape index (κ3) is 3.87. The minimum Gasteiger partial charge on any atom is -0.464 e. The van der Waals surface area contributed by atoms with Gasteiger partial charge in [-0.25, -0.2) is 0 Å². The molecule has 0 radical (unpaired) electrons. The van der Waals surface area contributed by atoms with E-state index in [0.717, 1.165) is 43.0 Å². The van der Waals surface area contributed by atoms with Gasteiger partial charge in [-0.2, -0.15) is 0 Å². The number of carbonyl (C=O) groups is 1. The molecule has 1 aliphatic heterocycles. The van der Waals surface area contributed by atoms with E-state index in [4.69, 9.17) is 8.94 Å². The summed E-state index contributed by atoms with van der Waals surface area (Å²) in [5.74, 6) is 2.88. The van der Waals surface area contributed by atoms with Crippen LogP contribution in [0.2, 0.25) is 0 Å². The zero-order valence-electron chi connectivity index (χ0n) is 14.5. The molecular formula is C18H25N3O3. The normalized spacial score (nSPS) is 21.8. The number of furan rings is 1. The molecule has 2 aromatic heterocycles. The average molecular weight is 331 g/mol. The van der Waals surface area contributed by atoms with Gasteiger partial charge in [-0.15, -0.1) is 0 Å². The highest BCUT2D eigenvalue weighted by molar-refractivity contribution is 5.91. The monoisotopic (exact) mass is 331 g/mol. The molecule has 1 amide bonds. The summed E-state index contributed by atoms with van der Waals surface area (Å²) in [6.45, 7) is 7.36. The maximum absolute atomic E-state index is 12.3. The number of hydrogen-bond donors (Lipinski definition) is 1. The van der Waals surface area contributed by atoms with Crippen LogP contribution in [0.25, 0.3) is 0 Å². The molecule has 1 fully saturated rings. The van der Waals surface area contributed by atoms with Crippen molar-refractivity contribution in [3.63, 3.8) is 0 Å². The Morgan fingerprint density at radius 1 is 1.46 bits per heavy atom. The second-order valence-corrected chi connectivity index (χ2v) is 6.65. The largest absolute Gasteiger partial charge is 0.464 e. The summed E-state index contributed by atoms with van der Waals surface area (Å²) < 4.78 is 11.0. The number of nitrogens with zero attached hydrogens (tertiary/aromatic N) is 2. The number of carbonyl (C=O) groups excluding carboxylic acids is 1. The molecule has 2 unspecified atom stereocenters. The van der Waals surface area contributed by atoms with Gasteiger partial charge in [0.25, 0.3) is 0 Å². The summed E-state index contributed by atoms with van der Waals surface area (Å²) in [4.78, 5) is 14.5. The third-order valence-corrected chi connectivity index (χ3v) is 4.57. The minimum atomic E-state index is -0.0898. The standard InChI is InChI=1S/C18H25N3O3/c1-4-14-5-6-16(23-14)15-9-12(2)7-8-21(15)11-17(22)19-18-10-13(3)20-24-18/h5-6,10,12,15H,4,7-9,11H2,1-3H3,(H,19,22). The van der Waals surface area contributed by atoms with Crippen LogP contribution in [-0.4, -0.2) is 29.1 Å². The van der Waals surface area contributed by atoms with Crippen molar-refractivity contribution >= 4 is 11.8 Å². The second kappa shape index (κ2) is 7.21. The molecule has 6 heteroatoms. The molecule has 0 saturated carbocycles. The van der Waals surface area contributed by atoms with Crippen molar-refractivity contribution in [3.05, 3.63) is 35.4 Å². The van der Waals surface area contributed by atoms with E-state index < -0.39 is 0 Å². The van der Waals surface area contributed by atoms with Gasteiger partial charge in [0.15, 0.2) is 0 Å². The highest BCUT2D eigenvalue weighted by Crippen LogP contribution is 2.34. The Kier molecular flexibility index (Phi) is 5.04. The van der Waals surface area contributed by atoms with Crippen LogP contribution < -0.4 is 5.32 Å². The maximum atomic E-state index is 12.3. The average Bonchev–Trinajstić information content (AvgIpc) is 3.18. The maximum Gasteiger partial charge on any atom is 0.240 e. The van der Waals surface area contributed by atoms with E-state index in [9.17, 15) is 4.79 Å². The van der Waals surface area contributed by atoms with Crippen molar-refractivity contribution in [1.82, 2.24) is 10.1 Å². The molecule has 0 spiro atoms. The number of anilines is 1. The van der Waals surface area contributed by atoms with Crippen LogP contribution in [0.4, 0.5) is 5.88 Å². The van der Waals surface area contributed by atoms with E-state index in [-0.39, 0.29) is 11.9 Å². The Balaban J connectivity index is 1.68. The van der Waals surface area contributed by atoms with Crippen molar-refractivity contribution < 1.29 is 13.7 Å². The smallest absolute Gasteiger partial charge is 0.240 e. The first-order valence-electron chi connectivity index (χ1n) is 8.61. The first kappa shape index (κ1) is 16.8. The summed E-state index contributed by atoms with van der Waals surface area (Å²) in [7, 11) is 0. The SMILES string of the molecule is CCc1ccc(C2CC(C)CCN2CC(=O)Nc2cc(C)no2)o1. The van der Waals surface area contributed by atoms with Gasteiger partial charge >= 0.3 is 0 Å². The number of aryl methyl sites for hydroxylation is 2. The van der Waals surface area contributed by atoms with Crippen LogP contribution in [-0.2, 0) is 11.2 Å². The van der Waals surface area contributed by atoms with Crippen LogP contribution in [0, 0.1) is 12.8 Å². The Hall–Kier alpha value is -2.08. The molecule has 0 aromatic carbocycles. The lowest BCUT2D eigenvalue weighted by Gasteiger charge is -2.36. The highest BCUT2D eigenvalue weighted by atomic mass is 16.5. The van der Waals surface area contributed by atoms with E-state index in [2.05, 4.69) is 29.2 Å². The van der Waals surface area contributed by atoms with Gasteiger partial charge in [0.2, 0.25) is 11.8 Å². The zero-order valence-corrected chi connectivity index (χ0v) is 14.5. The van der Waals surface area contributed by atoms with Gasteiger partial charge in [0.05, 0.1) is 18.3 Å². The molecule has 1 saturated heterocycles. The molecule has 24 heavy (non-hydrogen) atoms. The van der Waals surface area contributed by atoms with Crippen molar-refractivity contribution in [2.45, 2.75) is 46.1 Å². The molecular weight excluding hydrogens is 306 g/mol. The van der Waals surface area contributed by atoms with Gasteiger partial charge in [0.1, 0.15) is 11.5 Å². The second-order valence-electron chi connectivity index (χ2n) is 6.65. The molecule has 2 atom stereocenters. The van der Waals surface area contributed by atoms with E-state index in [1.165, 1.54) is 0 Å². The Bertz CT molecular complexity index is 691. The van der Waals surface area contributed by atoms with Gasteiger partial charge in [-0.1, -0.05) is 19.0 Å². The van der Waals surface area contributed by atoms with Crippen LogP contribution in [0.1, 0.15) is 49.9 Å². The van der Waals surface area contributed by atoms with Gasteiger partial charge in [-0.05, 0) is 44.4 Å². The van der Waals surface area contributed by atoms with Gasteiger partial charge in [-0.3, -0.25) is 15.0 Å². The lowest BCUT2D eigenvalue weighted by atomic mass is 9.91. The number of likely N-dealkylation sites (tertiary alicyclic amines) is 1. The molecule has 1 aliphatic rings. The predicted octanol–water partition coefficient (Wildman–Crippen LogP) is 3.55. The topological polar surface area (TPSA) is 71.5 Å². The van der Waals surface area contributed by atoms with Crippen molar-refractivity contribution in [1.29, 1.82) is 0 Å². The molecule has 3 heterocycles. The number of nitrogens with one attached hydrogen (secondary N) is 1. The first-order valence-corrected chi connectivity index (χ1v) is 8.61.